The highest BCUT2D eigenvalue weighted by Crippen LogP contribution is 2.27. The maximum Gasteiger partial charge on any atom is 0.250 e. The molecule has 0 saturated carbocycles. The molecule has 9 nitrogen and oxygen atoms in total. The van der Waals surface area contributed by atoms with E-state index in [1.807, 2.05) is 24.3 Å². The number of allylic oxidation sites excluding steroid dienone is 2. The van der Waals surface area contributed by atoms with Crippen molar-refractivity contribution in [3.05, 3.63) is 72.3 Å². The number of nitrogens with one attached hydrogen (secondary N) is 2. The lowest BCUT2D eigenvalue weighted by Gasteiger charge is -2.21. The highest BCUT2D eigenvalue weighted by molar-refractivity contribution is 6.06. The molecule has 2 unspecified atom stereocenters. The van der Waals surface area contributed by atoms with Gasteiger partial charge in [-0.15, -0.1) is 0 Å². The van der Waals surface area contributed by atoms with Crippen LogP contribution in [-0.2, 0) is 0 Å². The number of carbonyl (C=O) groups excluding carboxylic acids is 1. The smallest absolute Gasteiger partial charge is 0.250 e. The number of amides is 1. The number of aromatic nitrogens is 4. The quantitative estimate of drug-likeness (QED) is 0.362. The van der Waals surface area contributed by atoms with Crippen molar-refractivity contribution >= 4 is 39.4 Å². The van der Waals surface area contributed by atoms with Crippen molar-refractivity contribution in [2.45, 2.75) is 19.1 Å². The highest BCUT2D eigenvalue weighted by Gasteiger charge is 2.18. The van der Waals surface area contributed by atoms with Crippen LogP contribution in [0.15, 0.2) is 66.2 Å². The van der Waals surface area contributed by atoms with Gasteiger partial charge >= 0.3 is 0 Å². The number of benzene rings is 1. The number of nitrogens with two attached hydrogens (primary N) is 1. The first kappa shape index (κ1) is 20.8. The summed E-state index contributed by atoms with van der Waals surface area (Å²) >= 11 is 0. The fraction of sp³-hybridized carbons (Fsp3) is 0.208. The molecule has 1 aliphatic carbocycles. The Morgan fingerprint density at radius 2 is 2.12 bits per heavy atom. The third-order valence-electron chi connectivity index (χ3n) is 5.82. The molecule has 33 heavy (non-hydrogen) atoms. The molecule has 166 valence electrons. The summed E-state index contributed by atoms with van der Waals surface area (Å²) in [5.41, 5.74) is 8.64. The molecule has 2 atom stereocenters. The van der Waals surface area contributed by atoms with Gasteiger partial charge in [-0.2, -0.15) is 0 Å². The number of fused-ring (bicyclic) bond motifs is 2. The largest absolute Gasteiger partial charge is 0.369 e. The fourth-order valence-corrected chi connectivity index (χ4v) is 4.18. The normalized spacial score (nSPS) is 18.1. The molecule has 1 aliphatic rings. The number of anilines is 1. The van der Waals surface area contributed by atoms with Crippen molar-refractivity contribution in [1.29, 1.82) is 0 Å². The summed E-state index contributed by atoms with van der Waals surface area (Å²) in [5.74, 6) is 0.408. The summed E-state index contributed by atoms with van der Waals surface area (Å²) in [6.45, 7) is 0.656. The van der Waals surface area contributed by atoms with Crippen LogP contribution in [0.25, 0.3) is 21.9 Å². The van der Waals surface area contributed by atoms with Gasteiger partial charge in [0.25, 0.3) is 5.91 Å². The number of para-hydroxylation sites is 1. The van der Waals surface area contributed by atoms with E-state index in [1.165, 1.54) is 6.33 Å². The van der Waals surface area contributed by atoms with E-state index in [2.05, 4.69) is 36.3 Å². The number of hydrogen-bond donors (Lipinski definition) is 4. The summed E-state index contributed by atoms with van der Waals surface area (Å²) in [6.07, 6.45) is 9.55. The molecule has 3 heterocycles. The lowest BCUT2D eigenvalue weighted by Crippen LogP contribution is -2.21. The Balaban J connectivity index is 1.30. The van der Waals surface area contributed by atoms with E-state index in [1.54, 1.807) is 24.5 Å². The summed E-state index contributed by atoms with van der Waals surface area (Å²) in [7, 11) is 0. The first-order valence-corrected chi connectivity index (χ1v) is 10.7. The average Bonchev–Trinajstić information content (AvgIpc) is 3.27. The average molecular weight is 441 g/mol. The van der Waals surface area contributed by atoms with E-state index >= 15 is 0 Å². The van der Waals surface area contributed by atoms with Crippen molar-refractivity contribution in [2.24, 2.45) is 16.6 Å². The van der Waals surface area contributed by atoms with E-state index in [-0.39, 0.29) is 5.92 Å². The van der Waals surface area contributed by atoms with Crippen molar-refractivity contribution in [2.75, 3.05) is 11.9 Å². The first-order valence-electron chi connectivity index (χ1n) is 10.7. The molecule has 4 aromatic rings. The maximum atomic E-state index is 11.7. The number of aromatic amines is 1. The van der Waals surface area contributed by atoms with Crippen LogP contribution >= 0.6 is 0 Å². The van der Waals surface area contributed by atoms with E-state index in [9.17, 15) is 9.90 Å². The van der Waals surface area contributed by atoms with Gasteiger partial charge in [0.1, 0.15) is 17.8 Å². The molecule has 0 radical (unpaired) electrons. The van der Waals surface area contributed by atoms with Crippen molar-refractivity contribution in [1.82, 2.24) is 19.9 Å². The first-order chi connectivity index (χ1) is 16.1. The minimum Gasteiger partial charge on any atom is -0.369 e. The third-order valence-corrected chi connectivity index (χ3v) is 5.82. The van der Waals surface area contributed by atoms with Crippen molar-refractivity contribution in [3.8, 4) is 0 Å². The second-order valence-corrected chi connectivity index (χ2v) is 8.02. The minimum absolute atomic E-state index is 0.273. The van der Waals surface area contributed by atoms with Crippen LogP contribution in [-0.4, -0.2) is 43.2 Å². The molecule has 0 spiro atoms. The molecule has 0 bridgehead atoms. The fourth-order valence-electron chi connectivity index (χ4n) is 4.18. The zero-order chi connectivity index (χ0) is 22.8. The molecule has 5 rings (SSSR count). The number of pyridine rings is 1. The summed E-state index contributed by atoms with van der Waals surface area (Å²) in [4.78, 5) is 32.2. The van der Waals surface area contributed by atoms with Crippen molar-refractivity contribution in [3.63, 3.8) is 0 Å². The van der Waals surface area contributed by atoms with Gasteiger partial charge in [0.2, 0.25) is 0 Å². The Labute approximate surface area is 189 Å². The summed E-state index contributed by atoms with van der Waals surface area (Å²) < 4.78 is 0. The molecule has 3 aromatic heterocycles. The van der Waals surface area contributed by atoms with Gasteiger partial charge in [-0.3, -0.25) is 9.79 Å². The number of nitrogens with zero attached hydrogens (tertiary/aromatic N) is 4. The van der Waals surface area contributed by atoms with Gasteiger partial charge in [-0.1, -0.05) is 12.1 Å². The minimum atomic E-state index is -0.965. The van der Waals surface area contributed by atoms with Crippen LogP contribution in [0, 0.1) is 5.92 Å². The molecule has 1 amide bonds. The topological polar surface area (TPSA) is 142 Å². The molecule has 0 aliphatic heterocycles. The Morgan fingerprint density at radius 3 is 3.00 bits per heavy atom. The number of H-pyrrole nitrogens is 1. The van der Waals surface area contributed by atoms with Crippen LogP contribution in [0.4, 0.5) is 5.82 Å². The van der Waals surface area contributed by atoms with Crippen LogP contribution in [0.3, 0.4) is 0 Å². The lowest BCUT2D eigenvalue weighted by atomic mass is 9.92. The lowest BCUT2D eigenvalue weighted by molar-refractivity contribution is 0.100. The number of rotatable bonds is 6. The summed E-state index contributed by atoms with van der Waals surface area (Å²) in [6, 6.07) is 9.05. The third kappa shape index (κ3) is 4.18. The second kappa shape index (κ2) is 8.79. The number of aliphatic hydroxyl groups excluding tert-OH is 1. The highest BCUT2D eigenvalue weighted by atomic mass is 16.3. The predicted molar refractivity (Wildman–Crippen MR) is 127 cm³/mol. The van der Waals surface area contributed by atoms with Gasteiger partial charge in [-0.25, -0.2) is 15.0 Å². The maximum absolute atomic E-state index is 11.7. The van der Waals surface area contributed by atoms with Gasteiger partial charge in [0.05, 0.1) is 11.1 Å². The summed E-state index contributed by atoms with van der Waals surface area (Å²) in [5, 5.41) is 15.7. The zero-order valence-electron chi connectivity index (χ0n) is 17.8. The van der Waals surface area contributed by atoms with E-state index in [0.29, 0.717) is 29.0 Å². The number of carbonyl (C=O) groups is 1. The number of aliphatic hydroxyl groups is 1. The zero-order valence-corrected chi connectivity index (χ0v) is 17.8. The molecule has 9 heteroatoms. The van der Waals surface area contributed by atoms with Gasteiger partial charge < -0.3 is 21.1 Å². The molecular formula is C24H23N7O2. The standard InChI is InChI=1S/C24H23N7O2/c25-21(32)17-6-2-7-18-20(17)29-13-30-23(18)27-11-14-4-1-5-15(10-14)31-24(33)19-12-28-22-16(19)8-3-9-26-22/h1-3,5-9,12-14,24,33H,4,10-11H2,(H2,25,32)(H,26,28)(H,27,29,30). The van der Waals surface area contributed by atoms with Crippen LogP contribution in [0.1, 0.15) is 35.0 Å². The van der Waals surface area contributed by atoms with Gasteiger partial charge in [-0.05, 0) is 49.1 Å². The van der Waals surface area contributed by atoms with E-state index in [4.69, 9.17) is 5.73 Å². The molecule has 0 fully saturated rings. The molecule has 0 saturated heterocycles. The van der Waals surface area contributed by atoms with Crippen LogP contribution in [0.5, 0.6) is 0 Å². The molecule has 1 aromatic carbocycles. The predicted octanol–water partition coefficient (Wildman–Crippen LogP) is 3.12. The SMILES string of the molecule is NC(=O)c1cccc2c(NCC3CC=CC(=NC(O)c4c[nH]c5ncccc45)C3)ncnc12. The number of aliphatic imine (C=N–C) groups is 1. The van der Waals surface area contributed by atoms with Gasteiger partial charge in [0.15, 0.2) is 6.23 Å². The Morgan fingerprint density at radius 1 is 1.24 bits per heavy atom. The van der Waals surface area contributed by atoms with E-state index < -0.39 is 12.1 Å². The Bertz CT molecular complexity index is 1390. The van der Waals surface area contributed by atoms with Crippen molar-refractivity contribution < 1.29 is 9.90 Å². The Hall–Kier alpha value is -4.11. The number of primary amides is 1. The molecular weight excluding hydrogens is 418 g/mol. The molecule has 5 N–H and O–H groups in total. The van der Waals surface area contributed by atoms with E-state index in [0.717, 1.165) is 35.0 Å². The second-order valence-electron chi connectivity index (χ2n) is 8.02. The monoisotopic (exact) mass is 441 g/mol. The van der Waals surface area contributed by atoms with Crippen LogP contribution in [0.2, 0.25) is 0 Å². The van der Waals surface area contributed by atoms with Gasteiger partial charge in [0, 0.05) is 41.0 Å². The number of hydrogen-bond acceptors (Lipinski definition) is 7. The Kier molecular flexibility index (Phi) is 5.54. The van der Waals surface area contributed by atoms with Crippen LogP contribution < -0.4 is 11.1 Å².